The van der Waals surface area contributed by atoms with Gasteiger partial charge in [0.25, 0.3) is 0 Å². The molecule has 4 nitrogen and oxygen atoms in total. The Hall–Kier alpha value is -1.83. The highest BCUT2D eigenvalue weighted by molar-refractivity contribution is 7.80. The fourth-order valence-corrected chi connectivity index (χ4v) is 1.63. The summed E-state index contributed by atoms with van der Waals surface area (Å²) in [6.07, 6.45) is -5.43. The zero-order valence-electron chi connectivity index (χ0n) is 11.7. The molecule has 8 heteroatoms. The summed E-state index contributed by atoms with van der Waals surface area (Å²) in [6.45, 7) is 4.90. The van der Waals surface area contributed by atoms with E-state index < -0.39 is 23.4 Å². The van der Waals surface area contributed by atoms with E-state index in [1.807, 2.05) is 0 Å². The third-order valence-corrected chi connectivity index (χ3v) is 2.47. The Balaban J connectivity index is 3.13. The molecule has 0 saturated heterocycles. The molecule has 0 aliphatic rings. The molecule has 0 bridgehead atoms. The summed E-state index contributed by atoms with van der Waals surface area (Å²) in [5.41, 5.74) is 3.71. The van der Waals surface area contributed by atoms with Crippen LogP contribution in [0.25, 0.3) is 0 Å². The van der Waals surface area contributed by atoms with Crippen LogP contribution >= 0.6 is 12.2 Å². The van der Waals surface area contributed by atoms with Gasteiger partial charge in [0.05, 0.1) is 11.3 Å². The van der Waals surface area contributed by atoms with Gasteiger partial charge in [-0.25, -0.2) is 4.79 Å². The molecule has 0 aromatic heterocycles. The third-order valence-electron chi connectivity index (χ3n) is 2.25. The molecule has 21 heavy (non-hydrogen) atoms. The van der Waals surface area contributed by atoms with Crippen molar-refractivity contribution in [1.82, 2.24) is 0 Å². The molecule has 0 saturated carbocycles. The quantitative estimate of drug-likeness (QED) is 0.816. The van der Waals surface area contributed by atoms with E-state index in [1.54, 1.807) is 20.8 Å². The van der Waals surface area contributed by atoms with E-state index in [0.717, 1.165) is 18.2 Å². The Kier molecular flexibility index (Phi) is 4.83. The van der Waals surface area contributed by atoms with Crippen molar-refractivity contribution in [1.29, 1.82) is 0 Å². The first-order valence-electron chi connectivity index (χ1n) is 5.91. The van der Waals surface area contributed by atoms with Gasteiger partial charge in [0.2, 0.25) is 0 Å². The summed E-state index contributed by atoms with van der Waals surface area (Å²) in [5.74, 6) is 0. The number of hydrogen-bond donors (Lipinski definition) is 2. The highest BCUT2D eigenvalue weighted by Gasteiger charge is 2.31. The number of alkyl halides is 3. The fraction of sp³-hybridized carbons (Fsp3) is 0.385. The largest absolute Gasteiger partial charge is 0.444 e. The summed E-state index contributed by atoms with van der Waals surface area (Å²) in [5, 5.41) is 2.23. The summed E-state index contributed by atoms with van der Waals surface area (Å²) in [6, 6.07) is 2.71. The van der Waals surface area contributed by atoms with E-state index in [2.05, 4.69) is 5.32 Å². The van der Waals surface area contributed by atoms with Crippen LogP contribution in [0, 0.1) is 0 Å². The second-order valence-corrected chi connectivity index (χ2v) is 5.69. The van der Waals surface area contributed by atoms with Crippen molar-refractivity contribution in [3.63, 3.8) is 0 Å². The zero-order valence-corrected chi connectivity index (χ0v) is 12.5. The molecule has 0 atom stereocenters. The smallest absolute Gasteiger partial charge is 0.416 e. The molecule has 3 N–H and O–H groups in total. The monoisotopic (exact) mass is 320 g/mol. The Labute approximate surface area is 125 Å². The average Bonchev–Trinajstić information content (AvgIpc) is 2.24. The van der Waals surface area contributed by atoms with Crippen LogP contribution in [0.2, 0.25) is 0 Å². The van der Waals surface area contributed by atoms with Gasteiger partial charge in [0.15, 0.2) is 0 Å². The van der Waals surface area contributed by atoms with Crippen molar-refractivity contribution in [3.8, 4) is 0 Å². The van der Waals surface area contributed by atoms with E-state index in [9.17, 15) is 18.0 Å². The lowest BCUT2D eigenvalue weighted by molar-refractivity contribution is -0.137. The Bertz CT molecular complexity index is 566. The van der Waals surface area contributed by atoms with Crippen molar-refractivity contribution < 1.29 is 22.7 Å². The van der Waals surface area contributed by atoms with Gasteiger partial charge in [-0.2, -0.15) is 13.2 Å². The molecule has 0 aliphatic heterocycles. The number of carbonyl (C=O) groups is 1. The van der Waals surface area contributed by atoms with Crippen LogP contribution in [-0.4, -0.2) is 16.7 Å². The number of nitrogens with two attached hydrogens (primary N) is 1. The number of nitrogens with one attached hydrogen (secondary N) is 1. The Morgan fingerprint density at radius 1 is 1.29 bits per heavy atom. The number of halogens is 3. The maximum absolute atomic E-state index is 12.7. The number of anilines is 1. The van der Waals surface area contributed by atoms with Crippen LogP contribution in [0.15, 0.2) is 18.2 Å². The normalized spacial score (nSPS) is 11.9. The van der Waals surface area contributed by atoms with E-state index in [4.69, 9.17) is 22.7 Å². The first kappa shape index (κ1) is 17.2. The van der Waals surface area contributed by atoms with Gasteiger partial charge in [-0.3, -0.25) is 5.32 Å². The van der Waals surface area contributed by atoms with E-state index in [0.29, 0.717) is 0 Å². The van der Waals surface area contributed by atoms with Crippen LogP contribution < -0.4 is 11.1 Å². The van der Waals surface area contributed by atoms with E-state index >= 15 is 0 Å². The molecular formula is C13H15F3N2O2S. The van der Waals surface area contributed by atoms with Crippen molar-refractivity contribution in [2.24, 2.45) is 5.73 Å². The number of hydrogen-bond acceptors (Lipinski definition) is 3. The zero-order chi connectivity index (χ0) is 16.4. The maximum Gasteiger partial charge on any atom is 0.416 e. The van der Waals surface area contributed by atoms with Gasteiger partial charge in [-0.05, 0) is 39.0 Å². The average molecular weight is 320 g/mol. The van der Waals surface area contributed by atoms with Crippen molar-refractivity contribution >= 4 is 29.0 Å². The Morgan fingerprint density at radius 2 is 1.86 bits per heavy atom. The number of carbonyl (C=O) groups excluding carboxylic acids is 1. The van der Waals surface area contributed by atoms with Crippen LogP contribution in [0.5, 0.6) is 0 Å². The topological polar surface area (TPSA) is 64.3 Å². The fourth-order valence-electron chi connectivity index (χ4n) is 1.45. The van der Waals surface area contributed by atoms with E-state index in [1.165, 1.54) is 0 Å². The van der Waals surface area contributed by atoms with Crippen molar-refractivity contribution in [2.45, 2.75) is 32.5 Å². The molecule has 1 rings (SSSR count). The minimum absolute atomic E-state index is 0.129. The SMILES string of the molecule is CC(C)(C)OC(=O)Nc1cc(C(F)(F)F)ccc1C(N)=S. The first-order valence-corrected chi connectivity index (χ1v) is 6.32. The second kappa shape index (κ2) is 5.88. The number of thiocarbonyl (C=S) groups is 1. The number of ether oxygens (including phenoxy) is 1. The van der Waals surface area contributed by atoms with Gasteiger partial charge in [-0.1, -0.05) is 12.2 Å². The molecule has 0 fully saturated rings. The van der Waals surface area contributed by atoms with Gasteiger partial charge < -0.3 is 10.5 Å². The molecule has 116 valence electrons. The van der Waals surface area contributed by atoms with Gasteiger partial charge >= 0.3 is 12.3 Å². The lowest BCUT2D eigenvalue weighted by Crippen LogP contribution is -2.28. The number of benzene rings is 1. The van der Waals surface area contributed by atoms with Crippen LogP contribution in [0.1, 0.15) is 31.9 Å². The maximum atomic E-state index is 12.7. The first-order chi connectivity index (χ1) is 9.40. The minimum Gasteiger partial charge on any atom is -0.444 e. The predicted octanol–water partition coefficient (Wildman–Crippen LogP) is 3.69. The van der Waals surface area contributed by atoms with Gasteiger partial charge in [0, 0.05) is 5.56 Å². The standard InChI is InChI=1S/C13H15F3N2O2S/c1-12(2,3)20-11(19)18-9-6-7(13(14,15)16)4-5-8(9)10(17)21/h4-6H,1-3H3,(H2,17,21)(H,18,19). The molecule has 0 spiro atoms. The molecule has 0 heterocycles. The molecule has 0 radical (unpaired) electrons. The van der Waals surface area contributed by atoms with Gasteiger partial charge in [0.1, 0.15) is 10.6 Å². The molecule has 1 aromatic carbocycles. The number of rotatable bonds is 2. The van der Waals surface area contributed by atoms with Crippen molar-refractivity contribution in [3.05, 3.63) is 29.3 Å². The van der Waals surface area contributed by atoms with Crippen LogP contribution in [0.4, 0.5) is 23.7 Å². The van der Waals surface area contributed by atoms with Gasteiger partial charge in [-0.15, -0.1) is 0 Å². The highest BCUT2D eigenvalue weighted by atomic mass is 32.1. The molecule has 1 amide bonds. The van der Waals surface area contributed by atoms with Crippen LogP contribution in [-0.2, 0) is 10.9 Å². The molecular weight excluding hydrogens is 305 g/mol. The Morgan fingerprint density at radius 3 is 2.29 bits per heavy atom. The minimum atomic E-state index is -4.54. The lowest BCUT2D eigenvalue weighted by atomic mass is 10.1. The summed E-state index contributed by atoms with van der Waals surface area (Å²) in [4.78, 5) is 11.5. The number of amides is 1. The second-order valence-electron chi connectivity index (χ2n) is 5.25. The van der Waals surface area contributed by atoms with E-state index in [-0.39, 0.29) is 16.2 Å². The van der Waals surface area contributed by atoms with Crippen molar-refractivity contribution in [2.75, 3.05) is 5.32 Å². The summed E-state index contributed by atoms with van der Waals surface area (Å²) < 4.78 is 43.1. The third kappa shape index (κ3) is 5.22. The molecule has 0 aliphatic carbocycles. The van der Waals surface area contributed by atoms with Crippen LogP contribution in [0.3, 0.4) is 0 Å². The molecule has 0 unspecified atom stereocenters. The summed E-state index contributed by atoms with van der Waals surface area (Å²) >= 11 is 4.75. The lowest BCUT2D eigenvalue weighted by Gasteiger charge is -2.21. The summed E-state index contributed by atoms with van der Waals surface area (Å²) in [7, 11) is 0. The predicted molar refractivity (Wildman–Crippen MR) is 77.2 cm³/mol. The molecule has 1 aromatic rings. The highest BCUT2D eigenvalue weighted by Crippen LogP contribution is 2.32.